The van der Waals surface area contributed by atoms with E-state index in [0.717, 1.165) is 11.8 Å². The van der Waals surface area contributed by atoms with Gasteiger partial charge in [-0.05, 0) is 12.8 Å². The molecule has 17 heavy (non-hydrogen) atoms. The van der Waals surface area contributed by atoms with Gasteiger partial charge < -0.3 is 5.73 Å². The molecular weight excluding hydrogens is 228 g/mol. The summed E-state index contributed by atoms with van der Waals surface area (Å²) in [6.45, 7) is 5.74. The molecular formula is C14H28N2S. The minimum absolute atomic E-state index is 0.343. The fourth-order valence-corrected chi connectivity index (χ4v) is 4.48. The van der Waals surface area contributed by atoms with E-state index in [1.807, 2.05) is 0 Å². The number of hydrogen-bond acceptors (Lipinski definition) is 3. The van der Waals surface area contributed by atoms with Crippen LogP contribution in [-0.4, -0.2) is 41.1 Å². The molecule has 3 heteroatoms. The van der Waals surface area contributed by atoms with E-state index in [-0.39, 0.29) is 0 Å². The molecule has 1 aliphatic heterocycles. The minimum Gasteiger partial charge on any atom is -0.329 e. The van der Waals surface area contributed by atoms with Crippen LogP contribution in [0.3, 0.4) is 0 Å². The summed E-state index contributed by atoms with van der Waals surface area (Å²) in [5, 5.41) is 0.789. The number of hydrogen-bond donors (Lipinski definition) is 1. The molecule has 1 aliphatic carbocycles. The van der Waals surface area contributed by atoms with E-state index in [2.05, 4.69) is 23.6 Å². The van der Waals surface area contributed by atoms with Gasteiger partial charge >= 0.3 is 0 Å². The highest BCUT2D eigenvalue weighted by Gasteiger charge is 2.37. The summed E-state index contributed by atoms with van der Waals surface area (Å²) >= 11 is 2.12. The van der Waals surface area contributed by atoms with Crippen LogP contribution in [0.25, 0.3) is 0 Å². The summed E-state index contributed by atoms with van der Waals surface area (Å²) in [7, 11) is 0. The highest BCUT2D eigenvalue weighted by molar-refractivity contribution is 7.99. The fourth-order valence-electron chi connectivity index (χ4n) is 3.46. The van der Waals surface area contributed by atoms with Crippen molar-refractivity contribution >= 4 is 11.8 Å². The smallest absolute Gasteiger partial charge is 0.0332 e. The van der Waals surface area contributed by atoms with Gasteiger partial charge in [0.2, 0.25) is 0 Å². The summed E-state index contributed by atoms with van der Waals surface area (Å²) in [4.78, 5) is 2.74. The first kappa shape index (κ1) is 13.7. The van der Waals surface area contributed by atoms with Crippen molar-refractivity contribution in [2.75, 3.05) is 25.4 Å². The van der Waals surface area contributed by atoms with Gasteiger partial charge in [-0.2, -0.15) is 11.8 Å². The van der Waals surface area contributed by atoms with Gasteiger partial charge in [0.1, 0.15) is 0 Å². The molecule has 2 nitrogen and oxygen atoms in total. The zero-order valence-corrected chi connectivity index (χ0v) is 12.1. The predicted octanol–water partition coefficient (Wildman–Crippen LogP) is 2.87. The molecule has 0 aromatic carbocycles. The molecule has 0 bridgehead atoms. The molecule has 1 atom stereocenters. The molecule has 1 saturated heterocycles. The van der Waals surface area contributed by atoms with Gasteiger partial charge in [0.15, 0.2) is 0 Å². The van der Waals surface area contributed by atoms with Crippen molar-refractivity contribution < 1.29 is 0 Å². The first-order valence-electron chi connectivity index (χ1n) is 7.33. The third-order valence-electron chi connectivity index (χ3n) is 4.58. The van der Waals surface area contributed by atoms with Gasteiger partial charge in [0, 0.05) is 36.2 Å². The first-order chi connectivity index (χ1) is 8.27. The molecule has 0 aromatic rings. The molecule has 2 aliphatic rings. The quantitative estimate of drug-likeness (QED) is 0.824. The summed E-state index contributed by atoms with van der Waals surface area (Å²) in [5.74, 6) is 1.29. The highest BCUT2D eigenvalue weighted by Crippen LogP contribution is 2.34. The lowest BCUT2D eigenvalue weighted by Crippen LogP contribution is -2.57. The maximum Gasteiger partial charge on any atom is 0.0332 e. The van der Waals surface area contributed by atoms with E-state index >= 15 is 0 Å². The van der Waals surface area contributed by atoms with Crippen molar-refractivity contribution in [3.8, 4) is 0 Å². The van der Waals surface area contributed by atoms with Crippen LogP contribution >= 0.6 is 11.8 Å². The Balaban J connectivity index is 2.04. The lowest BCUT2D eigenvalue weighted by Gasteiger charge is -2.47. The SMILES string of the molecule is CC1CN(C2(CN)CCCCCCC2)CCS1. The fraction of sp³-hybridized carbons (Fsp3) is 1.00. The third-order valence-corrected chi connectivity index (χ3v) is 5.71. The average Bonchev–Trinajstić information content (AvgIpc) is 2.29. The van der Waals surface area contributed by atoms with Crippen LogP contribution in [0.1, 0.15) is 51.9 Å². The van der Waals surface area contributed by atoms with Crippen LogP contribution in [-0.2, 0) is 0 Å². The van der Waals surface area contributed by atoms with Crippen molar-refractivity contribution in [1.82, 2.24) is 4.90 Å². The van der Waals surface area contributed by atoms with Crippen molar-refractivity contribution in [1.29, 1.82) is 0 Å². The highest BCUT2D eigenvalue weighted by atomic mass is 32.2. The zero-order chi connectivity index (χ0) is 12.1. The number of nitrogens with two attached hydrogens (primary N) is 1. The molecule has 100 valence electrons. The summed E-state index contributed by atoms with van der Waals surface area (Å²) in [5.41, 5.74) is 6.53. The van der Waals surface area contributed by atoms with E-state index in [9.17, 15) is 0 Å². The van der Waals surface area contributed by atoms with E-state index in [1.165, 1.54) is 63.8 Å². The molecule has 2 fully saturated rings. The monoisotopic (exact) mass is 256 g/mol. The van der Waals surface area contributed by atoms with Crippen LogP contribution in [0, 0.1) is 0 Å². The third kappa shape index (κ3) is 3.39. The lowest BCUT2D eigenvalue weighted by molar-refractivity contribution is 0.0711. The largest absolute Gasteiger partial charge is 0.329 e. The van der Waals surface area contributed by atoms with Gasteiger partial charge in [0.25, 0.3) is 0 Å². The van der Waals surface area contributed by atoms with E-state index in [4.69, 9.17) is 5.73 Å². The number of thioether (sulfide) groups is 1. The predicted molar refractivity (Wildman–Crippen MR) is 77.6 cm³/mol. The van der Waals surface area contributed by atoms with Gasteiger partial charge in [-0.25, -0.2) is 0 Å². The number of rotatable bonds is 2. The standard InChI is InChI=1S/C14H28N2S/c1-13-11-16(9-10-17-13)14(12-15)7-5-3-2-4-6-8-14/h13H,2-12,15H2,1H3. The molecule has 0 radical (unpaired) electrons. The van der Waals surface area contributed by atoms with Crippen molar-refractivity contribution in [3.63, 3.8) is 0 Å². The second kappa shape index (κ2) is 6.44. The van der Waals surface area contributed by atoms with Crippen LogP contribution in [0.4, 0.5) is 0 Å². The van der Waals surface area contributed by atoms with Crippen LogP contribution in [0.5, 0.6) is 0 Å². The molecule has 2 N–H and O–H groups in total. The molecule has 2 rings (SSSR count). The second-order valence-corrected chi connectivity index (χ2v) is 7.37. The summed E-state index contributed by atoms with van der Waals surface area (Å²) < 4.78 is 0. The Morgan fingerprint density at radius 2 is 1.82 bits per heavy atom. The van der Waals surface area contributed by atoms with Gasteiger partial charge in [0.05, 0.1) is 0 Å². The van der Waals surface area contributed by atoms with Crippen molar-refractivity contribution in [2.45, 2.75) is 62.7 Å². The maximum absolute atomic E-state index is 6.19. The molecule has 0 spiro atoms. The lowest BCUT2D eigenvalue weighted by atomic mass is 9.82. The van der Waals surface area contributed by atoms with E-state index in [1.54, 1.807) is 0 Å². The molecule has 1 saturated carbocycles. The van der Waals surface area contributed by atoms with Gasteiger partial charge in [-0.1, -0.05) is 39.0 Å². The number of nitrogens with zero attached hydrogens (tertiary/aromatic N) is 1. The van der Waals surface area contributed by atoms with Crippen molar-refractivity contribution in [2.24, 2.45) is 5.73 Å². The summed E-state index contributed by atoms with van der Waals surface area (Å²) in [6.07, 6.45) is 9.71. The minimum atomic E-state index is 0.343. The first-order valence-corrected chi connectivity index (χ1v) is 8.38. The Morgan fingerprint density at radius 1 is 1.18 bits per heavy atom. The van der Waals surface area contributed by atoms with E-state index < -0.39 is 0 Å². The van der Waals surface area contributed by atoms with Crippen molar-refractivity contribution in [3.05, 3.63) is 0 Å². The van der Waals surface area contributed by atoms with Crippen LogP contribution in [0.2, 0.25) is 0 Å². The van der Waals surface area contributed by atoms with Gasteiger partial charge in [-0.3, -0.25) is 4.90 Å². The normalized spacial score (nSPS) is 31.8. The Bertz CT molecular complexity index is 224. The molecule has 0 amide bonds. The second-order valence-electron chi connectivity index (χ2n) is 5.82. The Morgan fingerprint density at radius 3 is 2.41 bits per heavy atom. The average molecular weight is 256 g/mol. The van der Waals surface area contributed by atoms with Crippen LogP contribution in [0.15, 0.2) is 0 Å². The van der Waals surface area contributed by atoms with Crippen LogP contribution < -0.4 is 5.73 Å². The summed E-state index contributed by atoms with van der Waals surface area (Å²) in [6, 6.07) is 0. The zero-order valence-electron chi connectivity index (χ0n) is 11.3. The van der Waals surface area contributed by atoms with Gasteiger partial charge in [-0.15, -0.1) is 0 Å². The molecule has 1 unspecified atom stereocenters. The molecule has 1 heterocycles. The Kier molecular flexibility index (Phi) is 5.19. The maximum atomic E-state index is 6.19. The Labute approximate surface area is 111 Å². The Hall–Kier alpha value is 0.270. The van der Waals surface area contributed by atoms with E-state index in [0.29, 0.717) is 5.54 Å². The topological polar surface area (TPSA) is 29.3 Å². The molecule has 0 aromatic heterocycles.